The third kappa shape index (κ3) is 2.92. The van der Waals surface area contributed by atoms with Crippen LogP contribution in [0.4, 0.5) is 5.69 Å². The van der Waals surface area contributed by atoms with Gasteiger partial charge in [-0.25, -0.2) is 0 Å². The summed E-state index contributed by atoms with van der Waals surface area (Å²) < 4.78 is 1.79. The third-order valence-corrected chi connectivity index (χ3v) is 1.66. The van der Waals surface area contributed by atoms with Crippen molar-refractivity contribution in [3.63, 3.8) is 0 Å². The first-order valence-corrected chi connectivity index (χ1v) is 4.14. The summed E-state index contributed by atoms with van der Waals surface area (Å²) >= 11 is 0. The first kappa shape index (κ1) is 9.06. The van der Waals surface area contributed by atoms with Crippen LogP contribution in [0.3, 0.4) is 0 Å². The van der Waals surface area contributed by atoms with E-state index in [0.717, 1.165) is 19.4 Å². The van der Waals surface area contributed by atoms with Gasteiger partial charge < -0.3 is 10.8 Å². The molecule has 0 aliphatic rings. The van der Waals surface area contributed by atoms with E-state index >= 15 is 0 Å². The van der Waals surface area contributed by atoms with E-state index in [1.807, 2.05) is 0 Å². The second-order valence-electron chi connectivity index (χ2n) is 3.03. The molecule has 1 rings (SSSR count). The second kappa shape index (κ2) is 4.11. The number of nitrogen functional groups attached to an aromatic ring is 1. The van der Waals surface area contributed by atoms with Gasteiger partial charge in [-0.2, -0.15) is 5.10 Å². The minimum Gasteiger partial charge on any atom is -0.396 e. The van der Waals surface area contributed by atoms with E-state index in [2.05, 4.69) is 5.10 Å². The number of aliphatic hydroxyl groups is 1. The van der Waals surface area contributed by atoms with Gasteiger partial charge in [0.15, 0.2) is 0 Å². The lowest BCUT2D eigenvalue weighted by Crippen LogP contribution is -2.04. The Balaban J connectivity index is 2.24. The number of nitrogens with two attached hydrogens (primary N) is 1. The second-order valence-corrected chi connectivity index (χ2v) is 3.03. The lowest BCUT2D eigenvalue weighted by atomic mass is 10.2. The first-order valence-electron chi connectivity index (χ1n) is 4.14. The zero-order chi connectivity index (χ0) is 8.97. The van der Waals surface area contributed by atoms with Crippen LogP contribution in [0.5, 0.6) is 0 Å². The van der Waals surface area contributed by atoms with Gasteiger partial charge in [-0.15, -0.1) is 0 Å². The summed E-state index contributed by atoms with van der Waals surface area (Å²) in [6.07, 6.45) is 4.93. The fourth-order valence-electron chi connectivity index (χ4n) is 1.05. The van der Waals surface area contributed by atoms with Gasteiger partial charge >= 0.3 is 0 Å². The van der Waals surface area contributed by atoms with Crippen LogP contribution in [0.2, 0.25) is 0 Å². The van der Waals surface area contributed by atoms with Gasteiger partial charge in [0.1, 0.15) is 0 Å². The Labute approximate surface area is 72.0 Å². The molecule has 0 saturated carbocycles. The molecular weight excluding hydrogens is 154 g/mol. The summed E-state index contributed by atoms with van der Waals surface area (Å²) in [5.41, 5.74) is 6.16. The Hall–Kier alpha value is -1.03. The molecule has 0 amide bonds. The topological polar surface area (TPSA) is 64.1 Å². The minimum atomic E-state index is -0.224. The number of aryl methyl sites for hydroxylation is 1. The monoisotopic (exact) mass is 169 g/mol. The number of aliphatic hydroxyl groups excluding tert-OH is 1. The van der Waals surface area contributed by atoms with E-state index in [4.69, 9.17) is 10.8 Å². The molecule has 0 saturated heterocycles. The molecule has 1 atom stereocenters. The van der Waals surface area contributed by atoms with Crippen molar-refractivity contribution in [2.75, 3.05) is 5.73 Å². The summed E-state index contributed by atoms with van der Waals surface area (Å²) in [6.45, 7) is 2.61. The molecule has 0 aromatic carbocycles. The van der Waals surface area contributed by atoms with Crippen LogP contribution in [-0.4, -0.2) is 21.0 Å². The number of nitrogens with zero attached hydrogens (tertiary/aromatic N) is 2. The molecule has 0 fully saturated rings. The smallest absolute Gasteiger partial charge is 0.0719 e. The largest absolute Gasteiger partial charge is 0.396 e. The van der Waals surface area contributed by atoms with Crippen LogP contribution in [-0.2, 0) is 6.54 Å². The van der Waals surface area contributed by atoms with Crippen molar-refractivity contribution in [2.24, 2.45) is 0 Å². The lowest BCUT2D eigenvalue weighted by molar-refractivity contribution is 0.179. The van der Waals surface area contributed by atoms with Crippen LogP contribution < -0.4 is 5.73 Å². The fourth-order valence-corrected chi connectivity index (χ4v) is 1.05. The van der Waals surface area contributed by atoms with Gasteiger partial charge in [-0.05, 0) is 19.8 Å². The molecule has 0 bridgehead atoms. The molecule has 1 heterocycles. The van der Waals surface area contributed by atoms with Crippen molar-refractivity contribution >= 4 is 5.69 Å². The summed E-state index contributed by atoms with van der Waals surface area (Å²) in [4.78, 5) is 0. The van der Waals surface area contributed by atoms with Crippen molar-refractivity contribution in [2.45, 2.75) is 32.4 Å². The fraction of sp³-hybridized carbons (Fsp3) is 0.625. The lowest BCUT2D eigenvalue weighted by Gasteiger charge is -2.03. The molecule has 1 aromatic heterocycles. The van der Waals surface area contributed by atoms with E-state index in [-0.39, 0.29) is 6.10 Å². The van der Waals surface area contributed by atoms with Crippen LogP contribution in [0, 0.1) is 0 Å². The van der Waals surface area contributed by atoms with E-state index in [9.17, 15) is 0 Å². The molecule has 1 unspecified atom stereocenters. The molecule has 68 valence electrons. The predicted molar refractivity (Wildman–Crippen MR) is 47.6 cm³/mol. The molecule has 3 N–H and O–H groups in total. The average Bonchev–Trinajstić information content (AvgIpc) is 2.35. The Bertz CT molecular complexity index is 232. The van der Waals surface area contributed by atoms with Crippen LogP contribution in [0.25, 0.3) is 0 Å². The SMILES string of the molecule is CC(O)CCCn1cc(N)cn1. The maximum Gasteiger partial charge on any atom is 0.0719 e. The van der Waals surface area contributed by atoms with E-state index in [0.29, 0.717) is 5.69 Å². The van der Waals surface area contributed by atoms with Crippen LogP contribution >= 0.6 is 0 Å². The van der Waals surface area contributed by atoms with Gasteiger partial charge in [-0.3, -0.25) is 4.68 Å². The van der Waals surface area contributed by atoms with E-state index in [1.54, 1.807) is 24.0 Å². The highest BCUT2D eigenvalue weighted by Crippen LogP contribution is 2.02. The van der Waals surface area contributed by atoms with Gasteiger partial charge in [0.05, 0.1) is 18.0 Å². The Morgan fingerprint density at radius 1 is 1.75 bits per heavy atom. The number of aromatic nitrogens is 2. The van der Waals surface area contributed by atoms with Crippen molar-refractivity contribution in [1.29, 1.82) is 0 Å². The zero-order valence-electron chi connectivity index (χ0n) is 7.27. The number of hydrogen-bond donors (Lipinski definition) is 2. The van der Waals surface area contributed by atoms with Gasteiger partial charge in [-0.1, -0.05) is 0 Å². The highest BCUT2D eigenvalue weighted by Gasteiger charge is 1.97. The number of anilines is 1. The normalized spacial score (nSPS) is 13.2. The molecule has 4 nitrogen and oxygen atoms in total. The third-order valence-electron chi connectivity index (χ3n) is 1.66. The van der Waals surface area contributed by atoms with Crippen molar-refractivity contribution in [3.8, 4) is 0 Å². The average molecular weight is 169 g/mol. The maximum absolute atomic E-state index is 8.98. The molecule has 0 radical (unpaired) electrons. The minimum absolute atomic E-state index is 0.224. The number of rotatable bonds is 4. The number of hydrogen-bond acceptors (Lipinski definition) is 3. The van der Waals surface area contributed by atoms with E-state index in [1.165, 1.54) is 0 Å². The van der Waals surface area contributed by atoms with Gasteiger partial charge in [0, 0.05) is 12.7 Å². The van der Waals surface area contributed by atoms with Crippen LogP contribution in [0.15, 0.2) is 12.4 Å². The van der Waals surface area contributed by atoms with Gasteiger partial charge in [0.25, 0.3) is 0 Å². The molecule has 4 heteroatoms. The quantitative estimate of drug-likeness (QED) is 0.694. The van der Waals surface area contributed by atoms with Crippen molar-refractivity contribution in [1.82, 2.24) is 9.78 Å². The maximum atomic E-state index is 8.98. The molecule has 12 heavy (non-hydrogen) atoms. The summed E-state index contributed by atoms with van der Waals surface area (Å²) in [5, 5.41) is 13.0. The Kier molecular flexibility index (Phi) is 3.10. The zero-order valence-corrected chi connectivity index (χ0v) is 7.27. The molecule has 0 aliphatic carbocycles. The van der Waals surface area contributed by atoms with Gasteiger partial charge in [0.2, 0.25) is 0 Å². The highest BCUT2D eigenvalue weighted by atomic mass is 16.3. The standard InChI is InChI=1S/C8H15N3O/c1-7(12)3-2-4-11-6-8(9)5-10-11/h5-7,12H,2-4,9H2,1H3. The molecule has 0 aliphatic heterocycles. The van der Waals surface area contributed by atoms with Crippen molar-refractivity contribution in [3.05, 3.63) is 12.4 Å². The molecular formula is C8H15N3O. The Morgan fingerprint density at radius 3 is 3.00 bits per heavy atom. The highest BCUT2D eigenvalue weighted by molar-refractivity contribution is 5.30. The predicted octanol–water partition coefficient (Wildman–Crippen LogP) is 0.626. The summed E-state index contributed by atoms with van der Waals surface area (Å²) in [7, 11) is 0. The Morgan fingerprint density at radius 2 is 2.50 bits per heavy atom. The summed E-state index contributed by atoms with van der Waals surface area (Å²) in [6, 6.07) is 0. The first-order chi connectivity index (χ1) is 5.68. The van der Waals surface area contributed by atoms with Crippen LogP contribution in [0.1, 0.15) is 19.8 Å². The molecule has 0 spiro atoms. The van der Waals surface area contributed by atoms with E-state index < -0.39 is 0 Å². The summed E-state index contributed by atoms with van der Waals surface area (Å²) in [5.74, 6) is 0. The van der Waals surface area contributed by atoms with Crippen molar-refractivity contribution < 1.29 is 5.11 Å². The molecule has 1 aromatic rings.